The Morgan fingerprint density at radius 2 is 1.89 bits per heavy atom. The molecule has 1 amide bonds. The lowest BCUT2D eigenvalue weighted by Crippen LogP contribution is -2.36. The first-order valence-electron chi connectivity index (χ1n) is 8.95. The average molecular weight is 369 g/mol. The second-order valence-electron chi connectivity index (χ2n) is 6.04. The van der Waals surface area contributed by atoms with Crippen LogP contribution in [0.3, 0.4) is 0 Å². The fourth-order valence-electron chi connectivity index (χ4n) is 2.84. The Kier molecular flexibility index (Phi) is 7.98. The second kappa shape index (κ2) is 10.4. The first kappa shape index (κ1) is 20.6. The highest BCUT2D eigenvalue weighted by molar-refractivity contribution is 5.99. The van der Waals surface area contributed by atoms with Crippen LogP contribution in [0.15, 0.2) is 53.7 Å². The molecule has 6 nitrogen and oxygen atoms in total. The molecule has 0 saturated carbocycles. The summed E-state index contributed by atoms with van der Waals surface area (Å²) in [6.45, 7) is 4.29. The fourth-order valence-corrected chi connectivity index (χ4v) is 2.84. The number of rotatable bonds is 9. The molecule has 6 heteroatoms. The van der Waals surface area contributed by atoms with Crippen LogP contribution in [0.1, 0.15) is 41.6 Å². The molecule has 1 atom stereocenters. The fraction of sp³-hybridized carbons (Fsp3) is 0.333. The summed E-state index contributed by atoms with van der Waals surface area (Å²) in [6, 6.07) is 15.1. The molecule has 0 bridgehead atoms. The molecule has 144 valence electrons. The number of benzene rings is 2. The molecule has 27 heavy (non-hydrogen) atoms. The van der Waals surface area contributed by atoms with E-state index in [1.165, 1.54) is 7.11 Å². The van der Waals surface area contributed by atoms with E-state index >= 15 is 0 Å². The minimum atomic E-state index is -0.637. The lowest BCUT2D eigenvalue weighted by atomic mass is 9.96. The highest BCUT2D eigenvalue weighted by atomic mass is 16.6. The number of amides is 1. The van der Waals surface area contributed by atoms with Crippen LogP contribution in [0.2, 0.25) is 0 Å². The molecule has 2 aromatic rings. The van der Waals surface area contributed by atoms with E-state index < -0.39 is 6.04 Å². The van der Waals surface area contributed by atoms with Gasteiger partial charge in [-0.05, 0) is 30.0 Å². The minimum absolute atomic E-state index is 0.189. The van der Waals surface area contributed by atoms with E-state index in [2.05, 4.69) is 16.0 Å². The van der Waals surface area contributed by atoms with Crippen LogP contribution in [-0.4, -0.2) is 25.8 Å². The van der Waals surface area contributed by atoms with Crippen LogP contribution in [0.4, 0.5) is 0 Å². The first-order valence-corrected chi connectivity index (χ1v) is 8.95. The van der Waals surface area contributed by atoms with Gasteiger partial charge in [0.2, 0.25) is 5.91 Å². The van der Waals surface area contributed by atoms with E-state index in [4.69, 9.17) is 9.68 Å². The maximum Gasteiger partial charge on any atom is 0.243 e. The highest BCUT2D eigenvalue weighted by Gasteiger charge is 2.23. The molecule has 0 aliphatic carbocycles. The van der Waals surface area contributed by atoms with Gasteiger partial charge in [0.1, 0.15) is 12.6 Å². The lowest BCUT2D eigenvalue weighted by molar-refractivity contribution is -0.126. The molecule has 0 radical (unpaired) electrons. The summed E-state index contributed by atoms with van der Waals surface area (Å²) in [6.07, 6.45) is 0.761. The molecule has 0 spiro atoms. The standard InChI is InChI=1S/C21H27N3O3/c1-5-19(16-11-7-6-8-12-16)23-27-14-18-15(2)10-9-13-17(18)20(24-26-4)21(25)22-3/h6-13,20,24H,5,14H2,1-4H3,(H,22,25)/b23-19+. The van der Waals surface area contributed by atoms with Crippen molar-refractivity contribution in [3.05, 3.63) is 70.8 Å². The van der Waals surface area contributed by atoms with Crippen LogP contribution < -0.4 is 10.8 Å². The summed E-state index contributed by atoms with van der Waals surface area (Å²) in [7, 11) is 3.08. The lowest BCUT2D eigenvalue weighted by Gasteiger charge is -2.20. The molecule has 2 N–H and O–H groups in total. The molecule has 0 aliphatic heterocycles. The van der Waals surface area contributed by atoms with Crippen molar-refractivity contribution in [3.8, 4) is 0 Å². The largest absolute Gasteiger partial charge is 0.391 e. The van der Waals surface area contributed by atoms with Crippen molar-refractivity contribution in [2.45, 2.75) is 32.9 Å². The van der Waals surface area contributed by atoms with E-state index in [-0.39, 0.29) is 12.5 Å². The number of aryl methyl sites for hydroxylation is 1. The Balaban J connectivity index is 2.25. The summed E-state index contributed by atoms with van der Waals surface area (Å²) in [5.41, 5.74) is 7.39. The zero-order chi connectivity index (χ0) is 19.6. The van der Waals surface area contributed by atoms with Gasteiger partial charge in [0.05, 0.1) is 12.8 Å². The smallest absolute Gasteiger partial charge is 0.243 e. The Bertz CT molecular complexity index is 775. The molecule has 2 rings (SSSR count). The number of nitrogens with zero attached hydrogens (tertiary/aromatic N) is 1. The Labute approximate surface area is 160 Å². The number of nitrogens with one attached hydrogen (secondary N) is 2. The number of hydroxylamine groups is 1. The number of carbonyl (C=O) groups is 1. The normalized spacial score (nSPS) is 12.5. The predicted molar refractivity (Wildman–Crippen MR) is 106 cm³/mol. The van der Waals surface area contributed by atoms with Crippen LogP contribution >= 0.6 is 0 Å². The van der Waals surface area contributed by atoms with Crippen LogP contribution in [0.25, 0.3) is 0 Å². The third kappa shape index (κ3) is 5.39. The van der Waals surface area contributed by atoms with Crippen molar-refractivity contribution >= 4 is 11.6 Å². The monoisotopic (exact) mass is 369 g/mol. The zero-order valence-electron chi connectivity index (χ0n) is 16.3. The third-order valence-electron chi connectivity index (χ3n) is 4.33. The summed E-state index contributed by atoms with van der Waals surface area (Å²) in [5.74, 6) is -0.189. The van der Waals surface area contributed by atoms with Crippen LogP contribution in [0, 0.1) is 6.92 Å². The quantitative estimate of drug-likeness (QED) is 0.526. The van der Waals surface area contributed by atoms with E-state index in [9.17, 15) is 4.79 Å². The van der Waals surface area contributed by atoms with Crippen LogP contribution in [0.5, 0.6) is 0 Å². The summed E-state index contributed by atoms with van der Waals surface area (Å²) in [4.78, 5) is 23.0. The second-order valence-corrected chi connectivity index (χ2v) is 6.04. The Morgan fingerprint density at radius 1 is 1.15 bits per heavy atom. The van der Waals surface area contributed by atoms with Gasteiger partial charge in [-0.1, -0.05) is 60.6 Å². The third-order valence-corrected chi connectivity index (χ3v) is 4.33. The van der Waals surface area contributed by atoms with E-state index in [0.29, 0.717) is 0 Å². The topological polar surface area (TPSA) is 71.9 Å². The van der Waals surface area contributed by atoms with Gasteiger partial charge in [-0.3, -0.25) is 4.79 Å². The number of hydrogen-bond donors (Lipinski definition) is 2. The predicted octanol–water partition coefficient (Wildman–Crippen LogP) is 3.26. The maximum atomic E-state index is 12.3. The molecule has 0 fully saturated rings. The SMILES string of the molecule is CC/C(=N\OCc1c(C)cccc1C(NOC)C(=O)NC)c1ccccc1. The number of carbonyl (C=O) groups excluding carboxylic acids is 1. The summed E-state index contributed by atoms with van der Waals surface area (Å²) in [5, 5.41) is 6.97. The Morgan fingerprint density at radius 3 is 2.52 bits per heavy atom. The van der Waals surface area contributed by atoms with Gasteiger partial charge < -0.3 is 15.0 Å². The van der Waals surface area contributed by atoms with Gasteiger partial charge in [0.15, 0.2) is 0 Å². The zero-order valence-corrected chi connectivity index (χ0v) is 16.3. The van der Waals surface area contributed by atoms with Crippen molar-refractivity contribution in [1.29, 1.82) is 0 Å². The average Bonchev–Trinajstić information content (AvgIpc) is 2.70. The highest BCUT2D eigenvalue weighted by Crippen LogP contribution is 2.23. The van der Waals surface area contributed by atoms with Gasteiger partial charge >= 0.3 is 0 Å². The molecule has 0 saturated heterocycles. The van der Waals surface area contributed by atoms with Crippen molar-refractivity contribution in [3.63, 3.8) is 0 Å². The Hall–Kier alpha value is -2.70. The summed E-state index contributed by atoms with van der Waals surface area (Å²) < 4.78 is 0. The van der Waals surface area contributed by atoms with Gasteiger partial charge in [-0.2, -0.15) is 5.48 Å². The molecular formula is C21H27N3O3. The van der Waals surface area contributed by atoms with Crippen molar-refractivity contribution in [1.82, 2.24) is 10.8 Å². The van der Waals surface area contributed by atoms with Gasteiger partial charge in [-0.15, -0.1) is 0 Å². The number of likely N-dealkylation sites (N-methyl/N-ethyl adjacent to an activating group) is 1. The van der Waals surface area contributed by atoms with E-state index in [1.807, 2.05) is 62.4 Å². The molecule has 0 heterocycles. The van der Waals surface area contributed by atoms with Crippen molar-refractivity contribution in [2.24, 2.45) is 5.16 Å². The molecule has 1 unspecified atom stereocenters. The van der Waals surface area contributed by atoms with Gasteiger partial charge in [-0.25, -0.2) is 0 Å². The van der Waals surface area contributed by atoms with Crippen molar-refractivity contribution in [2.75, 3.05) is 14.2 Å². The number of oxime groups is 1. The minimum Gasteiger partial charge on any atom is -0.391 e. The summed E-state index contributed by atoms with van der Waals surface area (Å²) >= 11 is 0. The first-order chi connectivity index (χ1) is 13.1. The van der Waals surface area contributed by atoms with Gasteiger partial charge in [0, 0.05) is 12.6 Å². The van der Waals surface area contributed by atoms with Crippen LogP contribution in [-0.2, 0) is 21.1 Å². The number of hydrogen-bond acceptors (Lipinski definition) is 5. The van der Waals surface area contributed by atoms with E-state index in [1.54, 1.807) is 7.05 Å². The molecule has 0 aromatic heterocycles. The van der Waals surface area contributed by atoms with Gasteiger partial charge in [0.25, 0.3) is 0 Å². The van der Waals surface area contributed by atoms with Crippen molar-refractivity contribution < 1.29 is 14.5 Å². The molecule has 2 aromatic carbocycles. The molecule has 0 aliphatic rings. The van der Waals surface area contributed by atoms with E-state index in [0.717, 1.165) is 34.4 Å². The maximum absolute atomic E-state index is 12.3. The molecular weight excluding hydrogens is 342 g/mol.